The van der Waals surface area contributed by atoms with Gasteiger partial charge in [0, 0.05) is 6.20 Å². The molecule has 0 aliphatic carbocycles. The van der Waals surface area contributed by atoms with Crippen molar-refractivity contribution < 1.29 is 0 Å². The van der Waals surface area contributed by atoms with E-state index in [0.717, 1.165) is 5.65 Å². The number of aromatic nitrogens is 2. The molecule has 2 heterocycles. The Labute approximate surface area is 96.9 Å². The molecule has 3 heteroatoms. The second-order valence-electron chi connectivity index (χ2n) is 2.52. The lowest BCUT2D eigenvalue weighted by Gasteiger charge is -1.95. The summed E-state index contributed by atoms with van der Waals surface area (Å²) in [6.45, 7) is 10.0. The third kappa shape index (κ3) is 3.56. The molecule has 0 N–H and O–H groups in total. The number of hydrogen-bond acceptors (Lipinski definition) is 1. The van der Waals surface area contributed by atoms with Crippen LogP contribution in [-0.2, 0) is 0 Å². The molecule has 0 atom stereocenters. The van der Waals surface area contributed by atoms with Crippen molar-refractivity contribution in [2.45, 2.75) is 34.6 Å². The number of fused-ring (bicyclic) bond motifs is 1. The summed E-state index contributed by atoms with van der Waals surface area (Å²) in [6.07, 6.45) is 3.61. The second-order valence-corrected chi connectivity index (χ2v) is 2.90. The van der Waals surface area contributed by atoms with E-state index in [-0.39, 0.29) is 0 Å². The van der Waals surface area contributed by atoms with Crippen molar-refractivity contribution >= 4 is 17.2 Å². The highest BCUT2D eigenvalue weighted by Crippen LogP contribution is 2.12. The van der Waals surface area contributed by atoms with Crippen molar-refractivity contribution in [2.75, 3.05) is 0 Å². The number of aryl methyl sites for hydroxylation is 1. The Morgan fingerprint density at radius 2 is 1.73 bits per heavy atom. The highest BCUT2D eigenvalue weighted by Gasteiger charge is 1.97. The third-order valence-electron chi connectivity index (χ3n) is 1.61. The zero-order valence-corrected chi connectivity index (χ0v) is 10.8. The van der Waals surface area contributed by atoms with Crippen molar-refractivity contribution in [1.82, 2.24) is 9.38 Å². The topological polar surface area (TPSA) is 17.3 Å². The highest BCUT2D eigenvalue weighted by atomic mass is 35.5. The molecule has 0 fully saturated rings. The Kier molecular flexibility index (Phi) is 6.80. The van der Waals surface area contributed by atoms with Crippen LogP contribution in [0.2, 0.25) is 5.15 Å². The zero-order valence-electron chi connectivity index (χ0n) is 10.1. The Morgan fingerprint density at radius 3 is 2.33 bits per heavy atom. The van der Waals surface area contributed by atoms with Crippen LogP contribution in [0.25, 0.3) is 5.65 Å². The number of nitrogens with zero attached hydrogens (tertiary/aromatic N) is 2. The number of hydrogen-bond donors (Lipinski definition) is 0. The van der Waals surface area contributed by atoms with E-state index in [2.05, 4.69) is 4.98 Å². The lowest BCUT2D eigenvalue weighted by atomic mass is 10.3. The fourth-order valence-corrected chi connectivity index (χ4v) is 1.24. The molecule has 0 spiro atoms. The number of halogens is 1. The van der Waals surface area contributed by atoms with Gasteiger partial charge in [0.05, 0.1) is 6.20 Å². The molecule has 2 aromatic rings. The fourth-order valence-electron chi connectivity index (χ4n) is 1.06. The largest absolute Gasteiger partial charge is 0.290 e. The molecule has 84 valence electrons. The third-order valence-corrected chi connectivity index (χ3v) is 1.89. The van der Waals surface area contributed by atoms with Crippen LogP contribution in [0.15, 0.2) is 24.5 Å². The van der Waals surface area contributed by atoms with Gasteiger partial charge in [0.1, 0.15) is 10.8 Å². The van der Waals surface area contributed by atoms with Crippen molar-refractivity contribution in [3.63, 3.8) is 0 Å². The maximum absolute atomic E-state index is 5.85. The average Bonchev–Trinajstić information content (AvgIpc) is 2.66. The first kappa shape index (κ1) is 14.0. The minimum Gasteiger partial charge on any atom is -0.290 e. The van der Waals surface area contributed by atoms with Gasteiger partial charge in [0.25, 0.3) is 0 Å². The van der Waals surface area contributed by atoms with E-state index >= 15 is 0 Å². The van der Waals surface area contributed by atoms with Gasteiger partial charge in [-0.25, -0.2) is 4.98 Å². The van der Waals surface area contributed by atoms with Crippen molar-refractivity contribution in [1.29, 1.82) is 0 Å². The quantitative estimate of drug-likeness (QED) is 0.653. The van der Waals surface area contributed by atoms with Crippen LogP contribution in [0, 0.1) is 6.92 Å². The van der Waals surface area contributed by atoms with Crippen LogP contribution < -0.4 is 0 Å². The van der Waals surface area contributed by atoms with E-state index < -0.39 is 0 Å². The van der Waals surface area contributed by atoms with Crippen molar-refractivity contribution in [2.24, 2.45) is 0 Å². The van der Waals surface area contributed by atoms with E-state index in [1.54, 1.807) is 6.20 Å². The van der Waals surface area contributed by atoms with Crippen LogP contribution in [0.1, 0.15) is 33.3 Å². The predicted molar refractivity (Wildman–Crippen MR) is 67.6 cm³/mol. The van der Waals surface area contributed by atoms with Gasteiger partial charge < -0.3 is 0 Å². The van der Waals surface area contributed by atoms with Gasteiger partial charge >= 0.3 is 0 Å². The molecule has 0 aliphatic heterocycles. The van der Waals surface area contributed by atoms with Crippen LogP contribution in [0.4, 0.5) is 0 Å². The van der Waals surface area contributed by atoms with Gasteiger partial charge in [-0.15, -0.1) is 0 Å². The second kappa shape index (κ2) is 7.30. The van der Waals surface area contributed by atoms with Crippen LogP contribution >= 0.6 is 11.6 Å². The van der Waals surface area contributed by atoms with E-state index in [1.807, 2.05) is 57.3 Å². The molecule has 2 aromatic heterocycles. The molecule has 0 radical (unpaired) electrons. The standard InChI is InChI=1S/C8H7ClN2.2C2H6/c1-6-2-3-8-10-4-7(9)11(8)5-6;2*1-2/h2-5H,1H3;2*1-2H3. The van der Waals surface area contributed by atoms with Gasteiger partial charge in [0.15, 0.2) is 0 Å². The summed E-state index contributed by atoms with van der Waals surface area (Å²) in [4.78, 5) is 4.09. The van der Waals surface area contributed by atoms with Gasteiger partial charge in [-0.3, -0.25) is 4.40 Å². The molecular weight excluding hydrogens is 208 g/mol. The molecule has 0 aromatic carbocycles. The Hall–Kier alpha value is -1.02. The van der Waals surface area contributed by atoms with Gasteiger partial charge in [0.2, 0.25) is 0 Å². The highest BCUT2D eigenvalue weighted by molar-refractivity contribution is 6.29. The minimum atomic E-state index is 0.656. The van der Waals surface area contributed by atoms with Crippen molar-refractivity contribution in [3.8, 4) is 0 Å². The maximum atomic E-state index is 5.85. The summed E-state index contributed by atoms with van der Waals surface area (Å²) in [6, 6.07) is 3.96. The van der Waals surface area contributed by atoms with Gasteiger partial charge in [-0.1, -0.05) is 45.4 Å². The number of imidazole rings is 1. The smallest absolute Gasteiger partial charge is 0.137 e. The summed E-state index contributed by atoms with van der Waals surface area (Å²) in [5.41, 5.74) is 2.07. The Balaban J connectivity index is 0.000000442. The van der Waals surface area contributed by atoms with E-state index in [4.69, 9.17) is 11.6 Å². The summed E-state index contributed by atoms with van der Waals surface area (Å²) >= 11 is 5.85. The monoisotopic (exact) mass is 226 g/mol. The normalized spacial score (nSPS) is 8.67. The average molecular weight is 227 g/mol. The molecule has 0 bridgehead atoms. The van der Waals surface area contributed by atoms with Gasteiger partial charge in [-0.05, 0) is 18.6 Å². The fraction of sp³-hybridized carbons (Fsp3) is 0.417. The Bertz CT molecular complexity index is 393. The number of rotatable bonds is 0. The molecule has 15 heavy (non-hydrogen) atoms. The van der Waals surface area contributed by atoms with E-state index in [0.29, 0.717) is 5.15 Å². The van der Waals surface area contributed by atoms with E-state index in [9.17, 15) is 0 Å². The SMILES string of the molecule is CC.CC.Cc1ccc2ncc(Cl)n2c1. The molecule has 0 amide bonds. The first-order valence-corrected chi connectivity index (χ1v) is 5.74. The summed E-state index contributed by atoms with van der Waals surface area (Å²) < 4.78 is 1.86. The summed E-state index contributed by atoms with van der Waals surface area (Å²) in [5, 5.41) is 0.656. The first-order valence-electron chi connectivity index (χ1n) is 5.36. The lowest BCUT2D eigenvalue weighted by Crippen LogP contribution is -1.84. The summed E-state index contributed by atoms with van der Waals surface area (Å²) in [5.74, 6) is 0. The summed E-state index contributed by atoms with van der Waals surface area (Å²) in [7, 11) is 0. The van der Waals surface area contributed by atoms with Crippen molar-refractivity contribution in [3.05, 3.63) is 35.2 Å². The predicted octanol–water partition coefficient (Wildman–Crippen LogP) is 4.35. The first-order chi connectivity index (χ1) is 7.27. The zero-order chi connectivity index (χ0) is 11.8. The molecular formula is C12H19ClN2. The Morgan fingerprint density at radius 1 is 1.13 bits per heavy atom. The lowest BCUT2D eigenvalue weighted by molar-refractivity contribution is 1.16. The van der Waals surface area contributed by atoms with Crippen LogP contribution in [-0.4, -0.2) is 9.38 Å². The molecule has 0 unspecified atom stereocenters. The van der Waals surface area contributed by atoms with Crippen LogP contribution in [0.3, 0.4) is 0 Å². The number of pyridine rings is 1. The van der Waals surface area contributed by atoms with Crippen LogP contribution in [0.5, 0.6) is 0 Å². The molecule has 2 rings (SSSR count). The maximum Gasteiger partial charge on any atom is 0.137 e. The molecule has 0 saturated heterocycles. The molecule has 0 saturated carbocycles. The molecule has 2 nitrogen and oxygen atoms in total. The van der Waals surface area contributed by atoms with E-state index in [1.165, 1.54) is 5.56 Å². The van der Waals surface area contributed by atoms with Gasteiger partial charge in [-0.2, -0.15) is 0 Å². The minimum absolute atomic E-state index is 0.656. The molecule has 0 aliphatic rings.